The number of nitrogens with one attached hydrogen (secondary N) is 1. The second-order valence-electron chi connectivity index (χ2n) is 4.41. The van der Waals surface area contributed by atoms with E-state index in [1.165, 1.54) is 22.5 Å². The molecular formula is C14H10N4S. The first kappa shape index (κ1) is 10.5. The molecule has 0 fully saturated rings. The maximum atomic E-state index is 5.73. The third-order valence-electron chi connectivity index (χ3n) is 3.18. The molecule has 3 N–H and O–H groups in total. The van der Waals surface area contributed by atoms with Crippen LogP contribution in [0.5, 0.6) is 0 Å². The maximum Gasteiger partial charge on any atom is 0.181 e. The van der Waals surface area contributed by atoms with Gasteiger partial charge in [-0.05, 0) is 35.4 Å². The fraction of sp³-hybridized carbons (Fsp3) is 0. The number of rotatable bonds is 1. The summed E-state index contributed by atoms with van der Waals surface area (Å²) >= 11 is 1.51. The lowest BCUT2D eigenvalue weighted by atomic mass is 10.0. The van der Waals surface area contributed by atoms with Crippen molar-refractivity contribution in [2.24, 2.45) is 0 Å². The predicted molar refractivity (Wildman–Crippen MR) is 79.1 cm³/mol. The van der Waals surface area contributed by atoms with Gasteiger partial charge < -0.3 is 5.73 Å². The topological polar surface area (TPSA) is 67.6 Å². The molecule has 0 radical (unpaired) electrons. The Kier molecular flexibility index (Phi) is 2.10. The van der Waals surface area contributed by atoms with Crippen LogP contribution in [-0.2, 0) is 0 Å². The molecule has 0 saturated heterocycles. The molecule has 0 saturated carbocycles. The van der Waals surface area contributed by atoms with Gasteiger partial charge in [0.25, 0.3) is 0 Å². The number of H-pyrrole nitrogens is 1. The highest BCUT2D eigenvalue weighted by molar-refractivity contribution is 7.22. The second kappa shape index (κ2) is 3.80. The van der Waals surface area contributed by atoms with Gasteiger partial charge >= 0.3 is 0 Å². The monoisotopic (exact) mass is 266 g/mol. The van der Waals surface area contributed by atoms with Crippen molar-refractivity contribution in [3.05, 3.63) is 42.6 Å². The Hall–Kier alpha value is -2.40. The molecule has 2 aromatic heterocycles. The van der Waals surface area contributed by atoms with Crippen LogP contribution in [0.15, 0.2) is 42.6 Å². The zero-order chi connectivity index (χ0) is 12.8. The van der Waals surface area contributed by atoms with Crippen molar-refractivity contribution >= 4 is 37.6 Å². The molecule has 0 amide bonds. The van der Waals surface area contributed by atoms with Crippen LogP contribution in [0.4, 0.5) is 5.13 Å². The van der Waals surface area contributed by atoms with E-state index in [2.05, 4.69) is 39.4 Å². The van der Waals surface area contributed by atoms with Crippen LogP contribution in [0.2, 0.25) is 0 Å². The Bertz CT molecular complexity index is 891. The fourth-order valence-corrected chi connectivity index (χ4v) is 3.02. The Morgan fingerprint density at radius 3 is 2.84 bits per heavy atom. The van der Waals surface area contributed by atoms with Crippen molar-refractivity contribution in [1.82, 2.24) is 15.2 Å². The molecule has 0 spiro atoms. The molecule has 0 unspecified atom stereocenters. The van der Waals surface area contributed by atoms with Crippen LogP contribution in [0.25, 0.3) is 32.2 Å². The van der Waals surface area contributed by atoms with Crippen LogP contribution in [0, 0.1) is 0 Å². The Morgan fingerprint density at radius 2 is 1.89 bits per heavy atom. The fourth-order valence-electron chi connectivity index (χ4n) is 2.24. The maximum absolute atomic E-state index is 5.73. The van der Waals surface area contributed by atoms with Crippen molar-refractivity contribution in [3.63, 3.8) is 0 Å². The summed E-state index contributed by atoms with van der Waals surface area (Å²) in [5.41, 5.74) is 10.1. The Balaban J connectivity index is 1.91. The number of nitrogens with two attached hydrogens (primary N) is 1. The van der Waals surface area contributed by atoms with Crippen LogP contribution in [0.1, 0.15) is 0 Å². The lowest BCUT2D eigenvalue weighted by Crippen LogP contribution is -1.79. The number of aromatic amines is 1. The summed E-state index contributed by atoms with van der Waals surface area (Å²) in [5, 5.41) is 8.72. The molecule has 4 aromatic rings. The number of benzene rings is 2. The highest BCUT2D eigenvalue weighted by Gasteiger charge is 2.05. The molecule has 5 heteroatoms. The van der Waals surface area contributed by atoms with Gasteiger partial charge in [-0.15, -0.1) is 0 Å². The molecule has 0 aliphatic heterocycles. The predicted octanol–water partition coefficient (Wildman–Crippen LogP) is 3.42. The third-order valence-corrected chi connectivity index (χ3v) is 4.03. The van der Waals surface area contributed by atoms with Gasteiger partial charge in [0, 0.05) is 5.39 Å². The van der Waals surface area contributed by atoms with Gasteiger partial charge in [0.15, 0.2) is 5.13 Å². The molecule has 2 aromatic carbocycles. The highest BCUT2D eigenvalue weighted by Crippen LogP contribution is 2.30. The standard InChI is InChI=1S/C14H10N4S/c15-14-17-12-4-2-9(6-13(12)19-14)8-1-3-11-10(5-8)7-16-18-11/h1-7H,(H2,15,17)(H,16,18). The van der Waals surface area contributed by atoms with E-state index in [4.69, 9.17) is 5.73 Å². The Labute approximate surface area is 112 Å². The van der Waals surface area contributed by atoms with E-state index in [0.717, 1.165) is 21.1 Å². The van der Waals surface area contributed by atoms with Crippen molar-refractivity contribution in [1.29, 1.82) is 0 Å². The SMILES string of the molecule is Nc1nc2ccc(-c3ccc4[nH]ncc4c3)cc2s1. The van der Waals surface area contributed by atoms with Gasteiger partial charge in [0.05, 0.1) is 21.9 Å². The van der Waals surface area contributed by atoms with Gasteiger partial charge in [0.1, 0.15) is 0 Å². The molecule has 0 aliphatic carbocycles. The Morgan fingerprint density at radius 1 is 1.05 bits per heavy atom. The van der Waals surface area contributed by atoms with E-state index in [1.807, 2.05) is 18.3 Å². The van der Waals surface area contributed by atoms with E-state index in [9.17, 15) is 0 Å². The first-order valence-electron chi connectivity index (χ1n) is 5.89. The van der Waals surface area contributed by atoms with Crippen molar-refractivity contribution < 1.29 is 0 Å². The number of aromatic nitrogens is 3. The molecular weight excluding hydrogens is 256 g/mol. The number of hydrogen-bond acceptors (Lipinski definition) is 4. The summed E-state index contributed by atoms with van der Waals surface area (Å²) in [4.78, 5) is 4.27. The minimum absolute atomic E-state index is 0.609. The molecule has 19 heavy (non-hydrogen) atoms. The van der Waals surface area contributed by atoms with Gasteiger partial charge in [-0.3, -0.25) is 5.10 Å². The molecule has 4 nitrogen and oxygen atoms in total. The molecule has 92 valence electrons. The first-order chi connectivity index (χ1) is 9.29. The number of nitrogens with zero attached hydrogens (tertiary/aromatic N) is 2. The number of nitrogen functional groups attached to an aromatic ring is 1. The summed E-state index contributed by atoms with van der Waals surface area (Å²) in [6.07, 6.45) is 1.84. The van der Waals surface area contributed by atoms with Crippen LogP contribution in [0.3, 0.4) is 0 Å². The summed E-state index contributed by atoms with van der Waals surface area (Å²) in [7, 11) is 0. The summed E-state index contributed by atoms with van der Waals surface area (Å²) < 4.78 is 1.11. The zero-order valence-corrected chi connectivity index (χ0v) is 10.7. The van der Waals surface area contributed by atoms with Crippen molar-refractivity contribution in [2.75, 3.05) is 5.73 Å². The first-order valence-corrected chi connectivity index (χ1v) is 6.71. The molecule has 2 heterocycles. The second-order valence-corrected chi connectivity index (χ2v) is 5.47. The van der Waals surface area contributed by atoms with Crippen LogP contribution >= 0.6 is 11.3 Å². The summed E-state index contributed by atoms with van der Waals surface area (Å²) in [5.74, 6) is 0. The van der Waals surface area contributed by atoms with Gasteiger partial charge in [0.2, 0.25) is 0 Å². The zero-order valence-electron chi connectivity index (χ0n) is 9.92. The summed E-state index contributed by atoms with van der Waals surface area (Å²) in [6.45, 7) is 0. The lowest BCUT2D eigenvalue weighted by Gasteiger charge is -2.01. The van der Waals surface area contributed by atoms with Crippen molar-refractivity contribution in [3.8, 4) is 11.1 Å². The number of thiazole rings is 1. The summed E-state index contributed by atoms with van der Waals surface area (Å²) in [6, 6.07) is 12.5. The van der Waals surface area contributed by atoms with E-state index in [-0.39, 0.29) is 0 Å². The van der Waals surface area contributed by atoms with Crippen LogP contribution < -0.4 is 5.73 Å². The van der Waals surface area contributed by atoms with Gasteiger partial charge in [-0.2, -0.15) is 5.10 Å². The van der Waals surface area contributed by atoms with E-state index >= 15 is 0 Å². The molecule has 0 atom stereocenters. The quantitative estimate of drug-likeness (QED) is 0.554. The number of fused-ring (bicyclic) bond motifs is 2. The number of hydrogen-bond donors (Lipinski definition) is 2. The van der Waals surface area contributed by atoms with E-state index < -0.39 is 0 Å². The average Bonchev–Trinajstić information content (AvgIpc) is 3.01. The minimum Gasteiger partial charge on any atom is -0.375 e. The largest absolute Gasteiger partial charge is 0.375 e. The van der Waals surface area contributed by atoms with Crippen LogP contribution in [-0.4, -0.2) is 15.2 Å². The van der Waals surface area contributed by atoms with E-state index in [1.54, 1.807) is 0 Å². The average molecular weight is 266 g/mol. The third kappa shape index (κ3) is 1.67. The normalized spacial score (nSPS) is 11.4. The lowest BCUT2D eigenvalue weighted by molar-refractivity contribution is 1.12. The van der Waals surface area contributed by atoms with Crippen molar-refractivity contribution in [2.45, 2.75) is 0 Å². The highest BCUT2D eigenvalue weighted by atomic mass is 32.1. The van der Waals surface area contributed by atoms with Gasteiger partial charge in [-0.1, -0.05) is 23.5 Å². The molecule has 4 rings (SSSR count). The minimum atomic E-state index is 0.609. The smallest absolute Gasteiger partial charge is 0.181 e. The van der Waals surface area contributed by atoms with E-state index in [0.29, 0.717) is 5.13 Å². The number of anilines is 1. The molecule has 0 aliphatic rings. The molecule has 0 bridgehead atoms. The van der Waals surface area contributed by atoms with Gasteiger partial charge in [-0.25, -0.2) is 4.98 Å².